The molecule has 2 amide bonds. The Balaban J connectivity index is 2.28. The molecule has 0 unspecified atom stereocenters. The Morgan fingerprint density at radius 3 is 1.28 bits per heavy atom. The van der Waals surface area contributed by atoms with Gasteiger partial charge in [-0.25, -0.2) is 8.61 Å². The first-order chi connectivity index (χ1) is 8.40. The lowest BCUT2D eigenvalue weighted by Gasteiger charge is -2.32. The minimum Gasteiger partial charge on any atom is -0.339 e. The van der Waals surface area contributed by atoms with Gasteiger partial charge in [0.15, 0.2) is 0 Å². The van der Waals surface area contributed by atoms with Crippen LogP contribution in [0.4, 0.5) is 9.59 Å². The van der Waals surface area contributed by atoms with Crippen molar-refractivity contribution in [2.24, 2.45) is 0 Å². The molecule has 1 aliphatic rings. The molecule has 1 fully saturated rings. The van der Waals surface area contributed by atoms with Crippen molar-refractivity contribution in [1.82, 2.24) is 18.4 Å². The van der Waals surface area contributed by atoms with Crippen molar-refractivity contribution in [3.63, 3.8) is 0 Å². The van der Waals surface area contributed by atoms with Crippen molar-refractivity contribution in [1.29, 1.82) is 0 Å². The normalized spacial score (nSPS) is 17.6. The molecule has 0 saturated carbocycles. The zero-order valence-electron chi connectivity index (χ0n) is 11.3. The molecule has 6 nitrogen and oxygen atoms in total. The summed E-state index contributed by atoms with van der Waals surface area (Å²) in [6.45, 7) is 3.16. The van der Waals surface area contributed by atoms with Gasteiger partial charge in [-0.2, -0.15) is 0 Å². The highest BCUT2D eigenvalue weighted by Crippen LogP contribution is 2.21. The smallest absolute Gasteiger partial charge is 0.296 e. The van der Waals surface area contributed by atoms with Crippen molar-refractivity contribution >= 4 is 34.4 Å². The van der Waals surface area contributed by atoms with Gasteiger partial charge in [-0.15, -0.1) is 0 Å². The first-order valence-electron chi connectivity index (χ1n) is 5.68. The van der Waals surface area contributed by atoms with E-state index in [4.69, 9.17) is 0 Å². The third-order valence-electron chi connectivity index (χ3n) is 2.34. The van der Waals surface area contributed by atoms with Crippen molar-refractivity contribution < 1.29 is 9.59 Å². The van der Waals surface area contributed by atoms with Gasteiger partial charge >= 0.3 is 0 Å². The number of hydrogen-bond acceptors (Lipinski definition) is 6. The molecule has 1 aliphatic heterocycles. The monoisotopic (exact) mass is 292 g/mol. The molecule has 0 aromatic carbocycles. The number of carbonyl (C=O) groups is 2. The van der Waals surface area contributed by atoms with Gasteiger partial charge in [0.1, 0.15) is 0 Å². The lowest BCUT2D eigenvalue weighted by atomic mass is 10.4. The fourth-order valence-electron chi connectivity index (χ4n) is 1.24. The fraction of sp³-hybridized carbons (Fsp3) is 0.800. The largest absolute Gasteiger partial charge is 0.339 e. The van der Waals surface area contributed by atoms with Gasteiger partial charge in [-0.1, -0.05) is 0 Å². The maximum atomic E-state index is 11.5. The van der Waals surface area contributed by atoms with Crippen LogP contribution in [0, 0.1) is 0 Å². The fourth-order valence-corrected chi connectivity index (χ4v) is 2.70. The van der Waals surface area contributed by atoms with Crippen molar-refractivity contribution in [3.8, 4) is 0 Å². The van der Waals surface area contributed by atoms with Gasteiger partial charge in [0.2, 0.25) is 0 Å². The van der Waals surface area contributed by atoms with E-state index in [0.717, 1.165) is 26.2 Å². The van der Waals surface area contributed by atoms with Crippen LogP contribution in [0.25, 0.3) is 0 Å². The number of nitrogens with zero attached hydrogens (tertiary/aromatic N) is 4. The van der Waals surface area contributed by atoms with Crippen LogP contribution in [-0.2, 0) is 0 Å². The van der Waals surface area contributed by atoms with Crippen molar-refractivity contribution in [2.45, 2.75) is 0 Å². The molecule has 0 aromatic heterocycles. The molecule has 1 heterocycles. The van der Waals surface area contributed by atoms with Crippen LogP contribution in [0.15, 0.2) is 0 Å². The van der Waals surface area contributed by atoms with Crippen LogP contribution in [-0.4, -0.2) is 83.3 Å². The summed E-state index contributed by atoms with van der Waals surface area (Å²) >= 11 is 2.49. The second-order valence-electron chi connectivity index (χ2n) is 4.36. The molecule has 0 bridgehead atoms. The lowest BCUT2D eigenvalue weighted by molar-refractivity contribution is 0.236. The van der Waals surface area contributed by atoms with E-state index in [1.165, 1.54) is 23.9 Å². The third-order valence-corrected chi connectivity index (χ3v) is 4.63. The number of rotatable bonds is 2. The maximum Gasteiger partial charge on any atom is 0.296 e. The van der Waals surface area contributed by atoms with Crippen LogP contribution in [0.5, 0.6) is 0 Å². The minimum absolute atomic E-state index is 0.0421. The van der Waals surface area contributed by atoms with Crippen LogP contribution in [0.2, 0.25) is 0 Å². The summed E-state index contributed by atoms with van der Waals surface area (Å²) < 4.78 is 4.08. The Labute approximate surface area is 117 Å². The molecule has 8 heteroatoms. The molecule has 104 valence electrons. The molecule has 1 rings (SSSR count). The average Bonchev–Trinajstić information content (AvgIpc) is 2.31. The van der Waals surface area contributed by atoms with E-state index in [0.29, 0.717) is 0 Å². The molecular weight excluding hydrogens is 272 g/mol. The van der Waals surface area contributed by atoms with E-state index in [9.17, 15) is 9.59 Å². The first kappa shape index (κ1) is 15.6. The van der Waals surface area contributed by atoms with Crippen molar-refractivity contribution in [3.05, 3.63) is 0 Å². The Bertz CT molecular complexity index is 274. The van der Waals surface area contributed by atoms with Crippen molar-refractivity contribution in [2.75, 3.05) is 54.4 Å². The summed E-state index contributed by atoms with van der Waals surface area (Å²) in [6.07, 6.45) is 0. The van der Waals surface area contributed by atoms with E-state index in [1.54, 1.807) is 38.0 Å². The Morgan fingerprint density at radius 2 is 1.06 bits per heavy atom. The second kappa shape index (κ2) is 7.22. The topological polar surface area (TPSA) is 47.1 Å². The molecule has 0 atom stereocenters. The highest BCUT2D eigenvalue weighted by atomic mass is 32.2. The number of carbonyl (C=O) groups excluding carboxylic acids is 2. The molecule has 1 saturated heterocycles. The van der Waals surface area contributed by atoms with Crippen LogP contribution in [0.1, 0.15) is 0 Å². The molecule has 0 spiro atoms. The molecular formula is C10H20N4O2S2. The number of amides is 2. The summed E-state index contributed by atoms with van der Waals surface area (Å²) in [7, 11) is 6.99. The van der Waals surface area contributed by atoms with Gasteiger partial charge in [-0.3, -0.25) is 9.59 Å². The Hall–Kier alpha value is -0.440. The lowest BCUT2D eigenvalue weighted by Crippen LogP contribution is -2.42. The zero-order chi connectivity index (χ0) is 13.7. The average molecular weight is 292 g/mol. The highest BCUT2D eigenvalue weighted by molar-refractivity contribution is 8.11. The summed E-state index contributed by atoms with van der Waals surface area (Å²) in [5.74, 6) is 0. The van der Waals surface area contributed by atoms with Gasteiger partial charge in [0.05, 0.1) is 0 Å². The number of piperazine rings is 1. The van der Waals surface area contributed by atoms with E-state index in [-0.39, 0.29) is 10.5 Å². The van der Waals surface area contributed by atoms with Crippen LogP contribution in [0.3, 0.4) is 0 Å². The van der Waals surface area contributed by atoms with Crippen LogP contribution >= 0.6 is 23.9 Å². The standard InChI is InChI=1S/C10H20N4O2S2/c1-11(2)9(15)17-13-5-7-14(8-6-13)18-10(16)12(3)4/h5-8H2,1-4H3. The third kappa shape index (κ3) is 5.05. The van der Waals surface area contributed by atoms with Gasteiger partial charge < -0.3 is 9.80 Å². The summed E-state index contributed by atoms with van der Waals surface area (Å²) in [4.78, 5) is 26.2. The summed E-state index contributed by atoms with van der Waals surface area (Å²) in [6, 6.07) is 0. The second-order valence-corrected chi connectivity index (χ2v) is 6.46. The molecule has 0 aromatic rings. The van der Waals surface area contributed by atoms with E-state index < -0.39 is 0 Å². The summed E-state index contributed by atoms with van der Waals surface area (Å²) in [5, 5.41) is 0.0842. The zero-order valence-corrected chi connectivity index (χ0v) is 12.9. The molecule has 18 heavy (non-hydrogen) atoms. The quantitative estimate of drug-likeness (QED) is 0.714. The summed E-state index contributed by atoms with van der Waals surface area (Å²) in [5.41, 5.74) is 0. The predicted molar refractivity (Wildman–Crippen MR) is 76.5 cm³/mol. The molecule has 0 radical (unpaired) electrons. The first-order valence-corrected chi connectivity index (χ1v) is 7.23. The SMILES string of the molecule is CN(C)C(=O)SN1CCN(SC(=O)N(C)C)CC1. The van der Waals surface area contributed by atoms with E-state index in [1.807, 2.05) is 8.61 Å². The van der Waals surface area contributed by atoms with E-state index in [2.05, 4.69) is 0 Å². The number of hydrogen-bond donors (Lipinski definition) is 0. The molecule has 0 aliphatic carbocycles. The minimum atomic E-state index is 0.0421. The van der Waals surface area contributed by atoms with Gasteiger partial charge in [0.25, 0.3) is 10.5 Å². The van der Waals surface area contributed by atoms with Crippen LogP contribution < -0.4 is 0 Å². The highest BCUT2D eigenvalue weighted by Gasteiger charge is 2.22. The van der Waals surface area contributed by atoms with E-state index >= 15 is 0 Å². The maximum absolute atomic E-state index is 11.5. The Kier molecular flexibility index (Phi) is 6.27. The van der Waals surface area contributed by atoms with Gasteiger partial charge in [-0.05, 0) is 0 Å². The predicted octanol–water partition coefficient (Wildman–Crippen LogP) is 1.26. The van der Waals surface area contributed by atoms with Gasteiger partial charge in [0, 0.05) is 78.3 Å². The Morgan fingerprint density at radius 1 is 0.778 bits per heavy atom. The molecule has 0 N–H and O–H groups in total.